The number of carbonyl (C=O) groups is 1. The lowest BCUT2D eigenvalue weighted by atomic mass is 10.1. The minimum absolute atomic E-state index is 0.0804. The van der Waals surface area contributed by atoms with Crippen LogP contribution in [-0.2, 0) is 6.54 Å². The van der Waals surface area contributed by atoms with E-state index < -0.39 is 40.4 Å². The second-order valence-corrected chi connectivity index (χ2v) is 5.14. The van der Waals surface area contributed by atoms with E-state index in [1.165, 1.54) is 11.5 Å². The maximum absolute atomic E-state index is 14.6. The van der Waals surface area contributed by atoms with Crippen LogP contribution in [0.2, 0.25) is 0 Å². The largest absolute Gasteiger partial charge is 0.477 e. The van der Waals surface area contributed by atoms with E-state index in [-0.39, 0.29) is 24.0 Å². The molecular weight excluding hydrogens is 310 g/mol. The highest BCUT2D eigenvalue weighted by Gasteiger charge is 2.21. The molecule has 0 radical (unpaired) electrons. The van der Waals surface area contributed by atoms with Crippen LogP contribution in [0.15, 0.2) is 17.1 Å². The third kappa shape index (κ3) is 3.02. The van der Waals surface area contributed by atoms with Gasteiger partial charge in [-0.05, 0) is 19.9 Å². The van der Waals surface area contributed by atoms with E-state index in [1.54, 1.807) is 6.92 Å². The first-order chi connectivity index (χ1) is 10.8. The maximum atomic E-state index is 14.6. The van der Waals surface area contributed by atoms with Gasteiger partial charge in [0.05, 0.1) is 17.0 Å². The zero-order valence-electron chi connectivity index (χ0n) is 12.6. The number of carboxylic acids is 1. The number of hydrogen-bond acceptors (Lipinski definition) is 4. The molecule has 124 valence electrons. The molecule has 0 aliphatic carbocycles. The number of pyridine rings is 1. The lowest BCUT2D eigenvalue weighted by molar-refractivity contribution is 0.0694. The summed E-state index contributed by atoms with van der Waals surface area (Å²) < 4.78 is 30.0. The van der Waals surface area contributed by atoms with Crippen LogP contribution in [0.4, 0.5) is 14.5 Å². The van der Waals surface area contributed by atoms with Crippen LogP contribution in [-0.4, -0.2) is 33.4 Å². The van der Waals surface area contributed by atoms with Gasteiger partial charge in [0.2, 0.25) is 5.43 Å². The van der Waals surface area contributed by atoms with Gasteiger partial charge in [0.15, 0.2) is 5.82 Å². The molecule has 1 aromatic carbocycles. The van der Waals surface area contributed by atoms with Gasteiger partial charge in [0.1, 0.15) is 17.1 Å². The van der Waals surface area contributed by atoms with Crippen LogP contribution in [0, 0.1) is 11.6 Å². The van der Waals surface area contributed by atoms with Crippen molar-refractivity contribution in [1.82, 2.24) is 4.57 Å². The van der Waals surface area contributed by atoms with Crippen LogP contribution in [0.1, 0.15) is 24.2 Å². The Labute approximate surface area is 130 Å². The molecule has 2 aromatic rings. The van der Waals surface area contributed by atoms with Gasteiger partial charge in [0.25, 0.3) is 0 Å². The van der Waals surface area contributed by atoms with Crippen LogP contribution in [0.3, 0.4) is 0 Å². The Kier molecular flexibility index (Phi) is 4.65. The molecule has 2 rings (SSSR count). The van der Waals surface area contributed by atoms with E-state index in [9.17, 15) is 23.5 Å². The van der Waals surface area contributed by atoms with E-state index in [0.29, 0.717) is 0 Å². The molecule has 8 heteroatoms. The fourth-order valence-corrected chi connectivity index (χ4v) is 2.30. The summed E-state index contributed by atoms with van der Waals surface area (Å²) in [5.74, 6) is -3.49. The molecular formula is C15H16F2N2O4. The minimum atomic E-state index is -1.46. The number of hydrogen-bond donors (Lipinski definition) is 3. The van der Waals surface area contributed by atoms with Gasteiger partial charge in [-0.1, -0.05) is 0 Å². The Bertz CT molecular complexity index is 831. The van der Waals surface area contributed by atoms with Crippen molar-refractivity contribution < 1.29 is 23.8 Å². The molecule has 1 heterocycles. The molecule has 1 aromatic heterocycles. The van der Waals surface area contributed by atoms with Crippen LogP contribution in [0.25, 0.3) is 10.9 Å². The molecule has 0 saturated heterocycles. The Hall–Kier alpha value is -2.48. The zero-order chi connectivity index (χ0) is 17.3. The molecule has 3 N–H and O–H groups in total. The lowest BCUT2D eigenvalue weighted by Crippen LogP contribution is -2.21. The maximum Gasteiger partial charge on any atom is 0.341 e. The van der Waals surface area contributed by atoms with Crippen LogP contribution < -0.4 is 10.7 Å². The highest BCUT2D eigenvalue weighted by molar-refractivity contribution is 5.93. The smallest absolute Gasteiger partial charge is 0.341 e. The van der Waals surface area contributed by atoms with E-state index in [2.05, 4.69) is 5.32 Å². The molecule has 1 unspecified atom stereocenters. The molecule has 0 spiro atoms. The van der Waals surface area contributed by atoms with Crippen LogP contribution in [0.5, 0.6) is 0 Å². The van der Waals surface area contributed by atoms with Gasteiger partial charge in [-0.2, -0.15) is 0 Å². The van der Waals surface area contributed by atoms with Gasteiger partial charge in [-0.25, -0.2) is 13.6 Å². The summed E-state index contributed by atoms with van der Waals surface area (Å²) >= 11 is 0. The number of anilines is 1. The number of fused-ring (bicyclic) bond motifs is 1. The number of nitrogens with zero attached hydrogens (tertiary/aromatic N) is 1. The topological polar surface area (TPSA) is 91.6 Å². The molecule has 0 amide bonds. The molecule has 23 heavy (non-hydrogen) atoms. The first kappa shape index (κ1) is 16.9. The normalized spacial score (nSPS) is 12.4. The Morgan fingerprint density at radius 3 is 2.61 bits per heavy atom. The van der Waals surface area contributed by atoms with Crippen molar-refractivity contribution in [3.63, 3.8) is 0 Å². The van der Waals surface area contributed by atoms with E-state index >= 15 is 0 Å². The summed E-state index contributed by atoms with van der Waals surface area (Å²) in [6.45, 7) is 3.20. The average Bonchev–Trinajstić information content (AvgIpc) is 2.47. The molecule has 6 nitrogen and oxygen atoms in total. The van der Waals surface area contributed by atoms with Crippen molar-refractivity contribution >= 4 is 22.6 Å². The van der Waals surface area contributed by atoms with Crippen molar-refractivity contribution in [2.75, 3.05) is 11.9 Å². The predicted molar refractivity (Wildman–Crippen MR) is 80.9 cm³/mol. The highest BCUT2D eigenvalue weighted by atomic mass is 19.1. The summed E-state index contributed by atoms with van der Waals surface area (Å²) in [5, 5.41) is 20.4. The number of halogens is 2. The first-order valence-electron chi connectivity index (χ1n) is 6.98. The number of aromatic carboxylic acids is 1. The summed E-state index contributed by atoms with van der Waals surface area (Å²) in [6, 6.07) is 0.809. The van der Waals surface area contributed by atoms with E-state index in [4.69, 9.17) is 5.11 Å². The predicted octanol–water partition coefficient (Wildman–Crippen LogP) is 1.79. The Balaban J connectivity index is 2.81. The standard InChI is InChI=1S/C15H16F2N2O4/c1-3-19-6-9(15(22)23)14(21)8-4-10(16)12(11(17)13(8)19)18-5-7(2)20/h4,6-7,18,20H,3,5H2,1-2H3,(H,22,23). The number of aliphatic hydroxyl groups is 1. The van der Waals surface area contributed by atoms with E-state index in [1.807, 2.05) is 0 Å². The molecule has 0 bridgehead atoms. The molecule has 1 atom stereocenters. The molecule has 0 fully saturated rings. The molecule has 0 aliphatic heterocycles. The number of carboxylic acid groups (broad SMARTS) is 1. The molecule has 0 aliphatic rings. The third-order valence-electron chi connectivity index (χ3n) is 3.40. The van der Waals surface area contributed by atoms with Crippen molar-refractivity contribution in [1.29, 1.82) is 0 Å². The zero-order valence-corrected chi connectivity index (χ0v) is 12.6. The van der Waals surface area contributed by atoms with Crippen LogP contribution >= 0.6 is 0 Å². The first-order valence-corrected chi connectivity index (χ1v) is 6.98. The fraction of sp³-hybridized carbons (Fsp3) is 0.333. The fourth-order valence-electron chi connectivity index (χ4n) is 2.30. The van der Waals surface area contributed by atoms with Gasteiger partial charge in [-0.15, -0.1) is 0 Å². The number of benzene rings is 1. The average molecular weight is 326 g/mol. The van der Waals surface area contributed by atoms with Crippen molar-refractivity contribution in [3.8, 4) is 0 Å². The van der Waals surface area contributed by atoms with Gasteiger partial charge in [-0.3, -0.25) is 4.79 Å². The SMILES string of the molecule is CCn1cc(C(=O)O)c(=O)c2cc(F)c(NCC(C)O)c(F)c21. The van der Waals surface area contributed by atoms with Crippen molar-refractivity contribution in [2.24, 2.45) is 0 Å². The summed E-state index contributed by atoms with van der Waals surface area (Å²) in [4.78, 5) is 23.2. The number of nitrogens with one attached hydrogen (secondary N) is 1. The lowest BCUT2D eigenvalue weighted by Gasteiger charge is -2.15. The van der Waals surface area contributed by atoms with Gasteiger partial charge >= 0.3 is 5.97 Å². The van der Waals surface area contributed by atoms with Crippen molar-refractivity contribution in [2.45, 2.75) is 26.5 Å². The monoisotopic (exact) mass is 326 g/mol. The second kappa shape index (κ2) is 6.33. The minimum Gasteiger partial charge on any atom is -0.477 e. The van der Waals surface area contributed by atoms with E-state index in [0.717, 1.165) is 12.3 Å². The molecule has 0 saturated carbocycles. The Morgan fingerprint density at radius 1 is 1.43 bits per heavy atom. The van der Waals surface area contributed by atoms with Gasteiger partial charge < -0.3 is 20.1 Å². The summed E-state index contributed by atoms with van der Waals surface area (Å²) in [5.41, 5.74) is -2.15. The second-order valence-electron chi connectivity index (χ2n) is 5.14. The van der Waals surface area contributed by atoms with Crippen molar-refractivity contribution in [3.05, 3.63) is 39.7 Å². The quantitative estimate of drug-likeness (QED) is 0.779. The highest BCUT2D eigenvalue weighted by Crippen LogP contribution is 2.27. The summed E-state index contributed by atoms with van der Waals surface area (Å²) in [6.07, 6.45) is 0.208. The summed E-state index contributed by atoms with van der Waals surface area (Å²) in [7, 11) is 0. The number of aliphatic hydroxyl groups excluding tert-OH is 1. The number of aryl methyl sites for hydroxylation is 1. The third-order valence-corrected chi connectivity index (χ3v) is 3.40. The van der Waals surface area contributed by atoms with Gasteiger partial charge in [0, 0.05) is 19.3 Å². The Morgan fingerprint density at radius 2 is 2.09 bits per heavy atom. The number of aromatic nitrogens is 1. The number of rotatable bonds is 5.